The molecule has 0 bridgehead atoms. The Labute approximate surface area is 195 Å². The third kappa shape index (κ3) is 4.25. The topological polar surface area (TPSA) is 101 Å². The minimum atomic E-state index is -4.62. The number of H-pyrrole nitrogens is 1. The Balaban J connectivity index is 1.40. The molecule has 35 heavy (non-hydrogen) atoms. The highest BCUT2D eigenvalue weighted by atomic mass is 19.4. The van der Waals surface area contributed by atoms with Crippen LogP contribution >= 0.6 is 0 Å². The van der Waals surface area contributed by atoms with Crippen LogP contribution in [0.4, 0.5) is 29.1 Å². The zero-order valence-electron chi connectivity index (χ0n) is 18.1. The first kappa shape index (κ1) is 22.3. The lowest BCUT2D eigenvalue weighted by Gasteiger charge is -2.12. The predicted molar refractivity (Wildman–Crippen MR) is 121 cm³/mol. The van der Waals surface area contributed by atoms with E-state index in [9.17, 15) is 22.4 Å². The number of carbonyl (C=O) groups excluding carboxylic acids is 1. The molecule has 3 N–H and O–H groups in total. The van der Waals surface area contributed by atoms with E-state index in [-0.39, 0.29) is 34.6 Å². The average molecular weight is 483 g/mol. The van der Waals surface area contributed by atoms with Crippen molar-refractivity contribution < 1.29 is 22.4 Å². The van der Waals surface area contributed by atoms with Crippen LogP contribution in [0.1, 0.15) is 21.7 Å². The average Bonchev–Trinajstić information content (AvgIpc) is 3.43. The zero-order chi connectivity index (χ0) is 24.7. The van der Waals surface area contributed by atoms with Crippen molar-refractivity contribution >= 4 is 39.5 Å². The predicted octanol–water partition coefficient (Wildman–Crippen LogP) is 4.87. The van der Waals surface area contributed by atoms with Crippen LogP contribution < -0.4 is 10.6 Å². The smallest absolute Gasteiger partial charge is 0.365 e. The number of rotatable bonds is 5. The molecule has 0 spiro atoms. The minimum absolute atomic E-state index is 0.0644. The van der Waals surface area contributed by atoms with Gasteiger partial charge in [0.25, 0.3) is 5.91 Å². The lowest BCUT2D eigenvalue weighted by molar-refractivity contribution is -0.146. The van der Waals surface area contributed by atoms with Crippen molar-refractivity contribution in [1.29, 1.82) is 0 Å². The van der Waals surface area contributed by atoms with Gasteiger partial charge in [0.15, 0.2) is 0 Å². The first-order valence-electron chi connectivity index (χ1n) is 10.4. The van der Waals surface area contributed by atoms with Crippen LogP contribution in [0.15, 0.2) is 55.0 Å². The molecule has 0 saturated heterocycles. The fourth-order valence-corrected chi connectivity index (χ4v) is 3.82. The number of halogens is 4. The summed E-state index contributed by atoms with van der Waals surface area (Å²) >= 11 is 0. The highest BCUT2D eigenvalue weighted by molar-refractivity contribution is 6.08. The Morgan fingerprint density at radius 1 is 1.14 bits per heavy atom. The minimum Gasteiger partial charge on any atom is -0.365 e. The zero-order valence-corrected chi connectivity index (χ0v) is 18.1. The number of alkyl halides is 3. The first-order chi connectivity index (χ1) is 16.7. The van der Waals surface area contributed by atoms with Gasteiger partial charge in [0.05, 0.1) is 22.8 Å². The molecule has 1 aromatic carbocycles. The van der Waals surface area contributed by atoms with Crippen molar-refractivity contribution in [2.75, 3.05) is 10.6 Å². The molecule has 0 aliphatic carbocycles. The number of anilines is 2. The third-order valence-corrected chi connectivity index (χ3v) is 5.49. The highest BCUT2D eigenvalue weighted by Gasteiger charge is 2.36. The van der Waals surface area contributed by atoms with Gasteiger partial charge in [0.1, 0.15) is 17.3 Å². The van der Waals surface area contributed by atoms with E-state index in [1.807, 2.05) is 12.1 Å². The maximum atomic E-state index is 14.0. The molecule has 4 aromatic heterocycles. The van der Waals surface area contributed by atoms with Crippen LogP contribution in [0.25, 0.3) is 22.1 Å². The molecule has 4 heterocycles. The van der Waals surface area contributed by atoms with E-state index in [2.05, 4.69) is 30.6 Å². The fourth-order valence-electron chi connectivity index (χ4n) is 3.82. The van der Waals surface area contributed by atoms with Gasteiger partial charge in [-0.3, -0.25) is 4.79 Å². The molecule has 0 saturated carbocycles. The van der Waals surface area contributed by atoms with Crippen molar-refractivity contribution in [3.63, 3.8) is 0 Å². The first-order valence-corrected chi connectivity index (χ1v) is 10.4. The van der Waals surface area contributed by atoms with E-state index in [4.69, 9.17) is 0 Å². The van der Waals surface area contributed by atoms with Gasteiger partial charge < -0.3 is 20.2 Å². The lowest BCUT2D eigenvalue weighted by Crippen LogP contribution is -2.16. The van der Waals surface area contributed by atoms with Crippen LogP contribution in [-0.2, 0) is 19.8 Å². The number of aromatic nitrogens is 5. The molecule has 0 fully saturated rings. The Morgan fingerprint density at radius 2 is 1.97 bits per heavy atom. The number of hydrogen-bond acceptors (Lipinski definition) is 5. The summed E-state index contributed by atoms with van der Waals surface area (Å²) in [6, 6.07) is 8.87. The van der Waals surface area contributed by atoms with Crippen molar-refractivity contribution in [1.82, 2.24) is 24.5 Å². The number of aryl methyl sites for hydroxylation is 1. The van der Waals surface area contributed by atoms with Crippen molar-refractivity contribution in [3.8, 4) is 0 Å². The number of pyridine rings is 2. The number of nitrogens with zero attached hydrogens (tertiary/aromatic N) is 4. The maximum Gasteiger partial charge on any atom is 0.449 e. The lowest BCUT2D eigenvalue weighted by atomic mass is 10.1. The second-order valence-electron chi connectivity index (χ2n) is 7.76. The number of imidazole rings is 1. The summed E-state index contributed by atoms with van der Waals surface area (Å²) in [5, 5.41) is 6.52. The molecule has 8 nitrogen and oxygen atoms in total. The summed E-state index contributed by atoms with van der Waals surface area (Å²) in [6.45, 7) is 0.289. The van der Waals surface area contributed by atoms with Gasteiger partial charge in [-0.25, -0.2) is 19.3 Å². The molecule has 178 valence electrons. The van der Waals surface area contributed by atoms with E-state index in [0.717, 1.165) is 27.8 Å². The standard InChI is InChI=1S/C23H17F4N7O/c1-34-18-9-14(2-3-17(18)33-22(34)23(25,26)27)32-21(35)16-8-13(24)11-31-20(16)30-10-12-4-6-28-19-15(12)5-7-29-19/h2-9,11H,10H2,1H3,(H,28,29)(H,30,31)(H,32,35). The summed E-state index contributed by atoms with van der Waals surface area (Å²) in [5.74, 6) is -2.30. The van der Waals surface area contributed by atoms with Gasteiger partial charge in [-0.05, 0) is 42.0 Å². The second kappa shape index (κ2) is 8.38. The van der Waals surface area contributed by atoms with E-state index >= 15 is 0 Å². The summed E-state index contributed by atoms with van der Waals surface area (Å²) in [7, 11) is 1.24. The molecule has 12 heteroatoms. The summed E-state index contributed by atoms with van der Waals surface area (Å²) in [6.07, 6.45) is -0.239. The summed E-state index contributed by atoms with van der Waals surface area (Å²) in [4.78, 5) is 27.8. The second-order valence-corrected chi connectivity index (χ2v) is 7.76. The van der Waals surface area contributed by atoms with Gasteiger partial charge in [-0.1, -0.05) is 0 Å². The Bertz CT molecular complexity index is 1570. The molecule has 5 rings (SSSR count). The normalized spacial score (nSPS) is 11.8. The van der Waals surface area contributed by atoms with Gasteiger partial charge in [0, 0.05) is 37.1 Å². The number of amides is 1. The van der Waals surface area contributed by atoms with Gasteiger partial charge in [0.2, 0.25) is 5.82 Å². The van der Waals surface area contributed by atoms with Crippen LogP contribution in [-0.4, -0.2) is 30.4 Å². The van der Waals surface area contributed by atoms with Gasteiger partial charge in [-0.2, -0.15) is 13.2 Å². The summed E-state index contributed by atoms with van der Waals surface area (Å²) < 4.78 is 54.3. The van der Waals surface area contributed by atoms with E-state index < -0.39 is 23.7 Å². The van der Waals surface area contributed by atoms with E-state index in [0.29, 0.717) is 5.65 Å². The van der Waals surface area contributed by atoms with Crippen molar-refractivity contribution in [2.24, 2.45) is 7.05 Å². The molecule has 0 unspecified atom stereocenters. The number of hydrogen-bond donors (Lipinski definition) is 3. The summed E-state index contributed by atoms with van der Waals surface area (Å²) in [5.41, 5.74) is 2.05. The molecule has 0 atom stereocenters. The molecule has 0 radical (unpaired) electrons. The Hall–Kier alpha value is -4.48. The number of fused-ring (bicyclic) bond motifs is 2. The monoisotopic (exact) mass is 483 g/mol. The Kier molecular flexibility index (Phi) is 5.35. The van der Waals surface area contributed by atoms with Crippen molar-refractivity contribution in [3.05, 3.63) is 77.8 Å². The Morgan fingerprint density at radius 3 is 2.77 bits per heavy atom. The van der Waals surface area contributed by atoms with Crippen molar-refractivity contribution in [2.45, 2.75) is 12.7 Å². The van der Waals surface area contributed by atoms with Gasteiger partial charge in [-0.15, -0.1) is 0 Å². The number of carbonyl (C=O) groups is 1. The third-order valence-electron chi connectivity index (χ3n) is 5.49. The number of benzene rings is 1. The van der Waals surface area contributed by atoms with E-state index in [1.165, 1.54) is 25.2 Å². The van der Waals surface area contributed by atoms with Crippen LogP contribution in [0.3, 0.4) is 0 Å². The largest absolute Gasteiger partial charge is 0.449 e. The van der Waals surface area contributed by atoms with Crippen LogP contribution in [0.5, 0.6) is 0 Å². The van der Waals surface area contributed by atoms with Crippen LogP contribution in [0, 0.1) is 5.82 Å². The quantitative estimate of drug-likeness (QED) is 0.310. The van der Waals surface area contributed by atoms with E-state index in [1.54, 1.807) is 12.4 Å². The number of nitrogens with one attached hydrogen (secondary N) is 3. The molecule has 0 aliphatic heterocycles. The maximum absolute atomic E-state index is 14.0. The molecular weight excluding hydrogens is 466 g/mol. The molecule has 1 amide bonds. The molecule has 5 aromatic rings. The van der Waals surface area contributed by atoms with Gasteiger partial charge >= 0.3 is 6.18 Å². The van der Waals surface area contributed by atoms with Crippen LogP contribution in [0.2, 0.25) is 0 Å². The molecular formula is C23H17F4N7O. The number of aromatic amines is 1. The highest BCUT2D eigenvalue weighted by Crippen LogP contribution is 2.31. The fraction of sp³-hybridized carbons (Fsp3) is 0.130. The molecule has 0 aliphatic rings. The SMILES string of the molecule is Cn1c(C(F)(F)F)nc2ccc(NC(=O)c3cc(F)cnc3NCc3ccnc4[nH]ccc34)cc21.